The van der Waals surface area contributed by atoms with Crippen LogP contribution in [0.1, 0.15) is 27.7 Å². The largest absolute Gasteiger partial charge is 0.405 e. The molecule has 2 N–H and O–H groups in total. The average Bonchev–Trinajstić information content (AvgIpc) is 1.89. The second-order valence-electron chi connectivity index (χ2n) is 2.06. The lowest BCUT2D eigenvalue weighted by Gasteiger charge is -1.85. The van der Waals surface area contributed by atoms with E-state index in [4.69, 9.17) is 17.3 Å². The third kappa shape index (κ3) is 15.6. The van der Waals surface area contributed by atoms with Gasteiger partial charge in [0, 0.05) is 5.03 Å². The molecule has 0 radical (unpaired) electrons. The second-order valence-corrected chi connectivity index (χ2v) is 2.63. The van der Waals surface area contributed by atoms with Crippen LogP contribution in [0.3, 0.4) is 0 Å². The number of hydrogen-bond donors (Lipinski definition) is 1. The van der Waals surface area contributed by atoms with Gasteiger partial charge in [0.15, 0.2) is 0 Å². The predicted molar refractivity (Wildman–Crippen MR) is 48.9 cm³/mol. The van der Waals surface area contributed by atoms with E-state index < -0.39 is 0 Å². The minimum Gasteiger partial charge on any atom is -0.405 e. The van der Waals surface area contributed by atoms with Crippen LogP contribution in [0.4, 0.5) is 0 Å². The lowest BCUT2D eigenvalue weighted by molar-refractivity contribution is 1.34. The first-order valence-corrected chi connectivity index (χ1v) is 3.56. The Balaban J connectivity index is 0. The first kappa shape index (κ1) is 12.3. The van der Waals surface area contributed by atoms with E-state index in [2.05, 4.69) is 0 Å². The molecule has 1 nitrogen and oxygen atoms in total. The van der Waals surface area contributed by atoms with Crippen molar-refractivity contribution in [2.45, 2.75) is 27.7 Å². The minimum absolute atomic E-state index is 0.898. The summed E-state index contributed by atoms with van der Waals surface area (Å²) in [5.74, 6) is 0. The summed E-state index contributed by atoms with van der Waals surface area (Å²) in [5.41, 5.74) is 6.04. The molecule has 0 spiro atoms. The van der Waals surface area contributed by atoms with E-state index in [1.807, 2.05) is 27.7 Å². The van der Waals surface area contributed by atoms with Crippen LogP contribution in [0.2, 0.25) is 0 Å². The van der Waals surface area contributed by atoms with Crippen molar-refractivity contribution in [2.75, 3.05) is 0 Å². The Morgan fingerprint density at radius 3 is 1.50 bits per heavy atom. The van der Waals surface area contributed by atoms with Gasteiger partial charge in [0.05, 0.1) is 0 Å². The zero-order chi connectivity index (χ0) is 8.57. The van der Waals surface area contributed by atoms with Crippen LogP contribution < -0.4 is 5.73 Å². The molecule has 2 heteroatoms. The SMILES string of the molecule is CC(C)=C(C)Cl.CC=CN. The van der Waals surface area contributed by atoms with Crippen molar-refractivity contribution in [1.29, 1.82) is 0 Å². The molecule has 0 fully saturated rings. The molecule has 0 heterocycles. The van der Waals surface area contributed by atoms with Gasteiger partial charge in [-0.1, -0.05) is 23.3 Å². The molecule has 0 rings (SSSR count). The zero-order valence-electron chi connectivity index (χ0n) is 7.11. The molecule has 0 atom stereocenters. The van der Waals surface area contributed by atoms with Gasteiger partial charge in [-0.25, -0.2) is 0 Å². The maximum atomic E-state index is 5.49. The van der Waals surface area contributed by atoms with Crippen LogP contribution in [0, 0.1) is 0 Å². The van der Waals surface area contributed by atoms with Crippen LogP contribution in [0.5, 0.6) is 0 Å². The topological polar surface area (TPSA) is 26.0 Å². The summed E-state index contributed by atoms with van der Waals surface area (Å²) in [7, 11) is 0. The molecule has 0 saturated carbocycles. The molecule has 0 aromatic heterocycles. The standard InChI is InChI=1S/C5H9Cl.C3H7N/c1-4(2)5(3)6;1-2-3-4/h1-3H3;2-3H,4H2,1H3. The Kier molecular flexibility index (Phi) is 10.5. The normalized spacial score (nSPS) is 8.50. The van der Waals surface area contributed by atoms with Crippen molar-refractivity contribution in [3.8, 4) is 0 Å². The van der Waals surface area contributed by atoms with Crippen molar-refractivity contribution in [3.63, 3.8) is 0 Å². The van der Waals surface area contributed by atoms with Crippen LogP contribution in [0.15, 0.2) is 22.9 Å². The average molecular weight is 162 g/mol. The number of allylic oxidation sites excluding steroid dienone is 3. The van der Waals surface area contributed by atoms with Crippen LogP contribution >= 0.6 is 11.6 Å². The van der Waals surface area contributed by atoms with Crippen LogP contribution in [-0.2, 0) is 0 Å². The number of nitrogens with two attached hydrogens (primary N) is 1. The van der Waals surface area contributed by atoms with Crippen LogP contribution in [0.25, 0.3) is 0 Å². The molecule has 0 aromatic carbocycles. The highest BCUT2D eigenvalue weighted by molar-refractivity contribution is 6.29. The smallest absolute Gasteiger partial charge is 0.0136 e. The Hall–Kier alpha value is -0.430. The van der Waals surface area contributed by atoms with Crippen LogP contribution in [-0.4, -0.2) is 0 Å². The van der Waals surface area contributed by atoms with Crippen molar-refractivity contribution < 1.29 is 0 Å². The summed E-state index contributed by atoms with van der Waals surface area (Å²) < 4.78 is 0. The van der Waals surface area contributed by atoms with E-state index in [1.54, 1.807) is 6.08 Å². The quantitative estimate of drug-likeness (QED) is 0.581. The maximum absolute atomic E-state index is 5.49. The molecule has 0 unspecified atom stereocenters. The fourth-order valence-corrected chi connectivity index (χ4v) is 0. The minimum atomic E-state index is 0.898. The highest BCUT2D eigenvalue weighted by Gasteiger charge is 1.78. The van der Waals surface area contributed by atoms with Gasteiger partial charge in [-0.3, -0.25) is 0 Å². The van der Waals surface area contributed by atoms with Gasteiger partial charge in [0.25, 0.3) is 0 Å². The molecule has 60 valence electrons. The van der Waals surface area contributed by atoms with Gasteiger partial charge in [-0.05, 0) is 33.9 Å². The molecule has 0 amide bonds. The predicted octanol–water partition coefficient (Wildman–Crippen LogP) is 3.02. The first-order chi connectivity index (χ1) is 4.56. The first-order valence-electron chi connectivity index (χ1n) is 3.18. The highest BCUT2D eigenvalue weighted by Crippen LogP contribution is 2.04. The summed E-state index contributed by atoms with van der Waals surface area (Å²) in [6.07, 6.45) is 3.28. The Morgan fingerprint density at radius 2 is 1.50 bits per heavy atom. The van der Waals surface area contributed by atoms with Crippen molar-refractivity contribution >= 4 is 11.6 Å². The lowest BCUT2D eigenvalue weighted by Crippen LogP contribution is -1.70. The van der Waals surface area contributed by atoms with E-state index >= 15 is 0 Å². The summed E-state index contributed by atoms with van der Waals surface area (Å²) in [4.78, 5) is 0. The molecule has 0 saturated heterocycles. The van der Waals surface area contributed by atoms with E-state index in [-0.39, 0.29) is 0 Å². The van der Waals surface area contributed by atoms with E-state index in [0.29, 0.717) is 0 Å². The molecular formula is C8H16ClN. The second kappa shape index (κ2) is 8.57. The summed E-state index contributed by atoms with van der Waals surface area (Å²) >= 11 is 5.49. The Bertz CT molecular complexity index is 103. The number of halogens is 1. The van der Waals surface area contributed by atoms with Gasteiger partial charge in [-0.2, -0.15) is 0 Å². The number of hydrogen-bond acceptors (Lipinski definition) is 1. The number of rotatable bonds is 0. The van der Waals surface area contributed by atoms with E-state index in [9.17, 15) is 0 Å². The molecule has 0 aliphatic heterocycles. The summed E-state index contributed by atoms with van der Waals surface area (Å²) in [6, 6.07) is 0. The third-order valence-corrected chi connectivity index (χ3v) is 1.26. The van der Waals surface area contributed by atoms with E-state index in [0.717, 1.165) is 5.03 Å². The van der Waals surface area contributed by atoms with E-state index in [1.165, 1.54) is 11.8 Å². The maximum Gasteiger partial charge on any atom is 0.0136 e. The van der Waals surface area contributed by atoms with Gasteiger partial charge >= 0.3 is 0 Å². The van der Waals surface area contributed by atoms with Crippen molar-refractivity contribution in [3.05, 3.63) is 22.9 Å². The third-order valence-electron chi connectivity index (χ3n) is 0.881. The van der Waals surface area contributed by atoms with Gasteiger partial charge in [0.2, 0.25) is 0 Å². The molecular weight excluding hydrogens is 146 g/mol. The van der Waals surface area contributed by atoms with Crippen molar-refractivity contribution in [1.82, 2.24) is 0 Å². The molecule has 0 aromatic rings. The monoisotopic (exact) mass is 161 g/mol. The fourth-order valence-electron chi connectivity index (χ4n) is 0. The summed E-state index contributed by atoms with van der Waals surface area (Å²) in [5, 5.41) is 0.898. The Labute approximate surface area is 68.6 Å². The van der Waals surface area contributed by atoms with Gasteiger partial charge in [0.1, 0.15) is 0 Å². The Morgan fingerprint density at radius 1 is 1.30 bits per heavy atom. The molecule has 0 aliphatic rings. The fraction of sp³-hybridized carbons (Fsp3) is 0.500. The molecule has 10 heavy (non-hydrogen) atoms. The zero-order valence-corrected chi connectivity index (χ0v) is 7.87. The lowest BCUT2D eigenvalue weighted by atomic mass is 10.3. The van der Waals surface area contributed by atoms with Gasteiger partial charge < -0.3 is 5.73 Å². The van der Waals surface area contributed by atoms with Gasteiger partial charge in [-0.15, -0.1) is 0 Å². The molecule has 0 bridgehead atoms. The molecule has 0 aliphatic carbocycles. The summed E-state index contributed by atoms with van der Waals surface area (Å²) in [6.45, 7) is 7.74. The van der Waals surface area contributed by atoms with Crippen molar-refractivity contribution in [2.24, 2.45) is 5.73 Å². The highest BCUT2D eigenvalue weighted by atomic mass is 35.5.